The van der Waals surface area contributed by atoms with Gasteiger partial charge in [-0.25, -0.2) is 0 Å². The SMILES string of the molecule is c1ccc(-c2ccc(-c3c4ccccc4c(-c4ccc5c(c4)sc4ccc6ccccc6c45)c4ccccc34)cc2)cc1. The molecule has 1 aromatic heterocycles. The number of rotatable bonds is 3. The van der Waals surface area contributed by atoms with E-state index in [0.29, 0.717) is 0 Å². The quantitative estimate of drug-likeness (QED) is 0.188. The fourth-order valence-electron chi connectivity index (χ4n) is 6.91. The fraction of sp³-hybridized carbons (Fsp3) is 0. The van der Waals surface area contributed by atoms with E-state index in [2.05, 4.69) is 158 Å². The summed E-state index contributed by atoms with van der Waals surface area (Å²) in [5.41, 5.74) is 7.58. The Morgan fingerprint density at radius 1 is 0.302 bits per heavy atom. The second-order valence-electron chi connectivity index (χ2n) is 11.3. The summed E-state index contributed by atoms with van der Waals surface area (Å²) in [6, 6.07) is 57.9. The molecule has 0 saturated carbocycles. The van der Waals surface area contributed by atoms with E-state index in [1.807, 2.05) is 11.3 Å². The summed E-state index contributed by atoms with van der Waals surface area (Å²) < 4.78 is 2.67. The van der Waals surface area contributed by atoms with Gasteiger partial charge in [-0.1, -0.05) is 146 Å². The molecule has 1 heterocycles. The van der Waals surface area contributed by atoms with Crippen LogP contribution in [0.25, 0.3) is 85.9 Å². The van der Waals surface area contributed by atoms with Crippen LogP contribution in [0.3, 0.4) is 0 Å². The third kappa shape index (κ3) is 3.82. The molecule has 0 bridgehead atoms. The highest BCUT2D eigenvalue weighted by Gasteiger charge is 2.18. The molecule has 0 aliphatic rings. The van der Waals surface area contributed by atoms with Crippen molar-refractivity contribution in [2.45, 2.75) is 0 Å². The second kappa shape index (κ2) is 9.66. The normalized spacial score (nSPS) is 11.7. The first-order chi connectivity index (χ1) is 21.3. The van der Waals surface area contributed by atoms with Crippen LogP contribution in [0.15, 0.2) is 158 Å². The first-order valence-corrected chi connectivity index (χ1v) is 15.6. The van der Waals surface area contributed by atoms with E-state index < -0.39 is 0 Å². The van der Waals surface area contributed by atoms with Gasteiger partial charge in [-0.3, -0.25) is 0 Å². The minimum absolute atomic E-state index is 1.24. The molecule has 8 aromatic carbocycles. The van der Waals surface area contributed by atoms with Crippen LogP contribution in [0.1, 0.15) is 0 Å². The van der Waals surface area contributed by atoms with E-state index in [1.54, 1.807) is 0 Å². The molecule has 0 saturated heterocycles. The summed E-state index contributed by atoms with van der Waals surface area (Å²) in [5.74, 6) is 0. The van der Waals surface area contributed by atoms with Gasteiger partial charge in [0.1, 0.15) is 0 Å². The van der Waals surface area contributed by atoms with Gasteiger partial charge in [0.25, 0.3) is 0 Å². The smallest absolute Gasteiger partial charge is 0.0361 e. The zero-order chi connectivity index (χ0) is 28.3. The number of fused-ring (bicyclic) bond motifs is 7. The van der Waals surface area contributed by atoms with Crippen molar-refractivity contribution in [1.29, 1.82) is 0 Å². The number of benzene rings is 8. The maximum atomic E-state index is 2.41. The van der Waals surface area contributed by atoms with Crippen LogP contribution in [0.2, 0.25) is 0 Å². The number of hydrogen-bond donors (Lipinski definition) is 0. The van der Waals surface area contributed by atoms with Crippen LogP contribution in [0, 0.1) is 0 Å². The Morgan fingerprint density at radius 3 is 1.49 bits per heavy atom. The highest BCUT2D eigenvalue weighted by Crippen LogP contribution is 2.46. The van der Waals surface area contributed by atoms with Gasteiger partial charge in [0.15, 0.2) is 0 Å². The maximum absolute atomic E-state index is 2.41. The Bertz CT molecular complexity index is 2420. The molecule has 9 aromatic rings. The second-order valence-corrected chi connectivity index (χ2v) is 12.3. The largest absolute Gasteiger partial charge is 0.135 e. The lowest BCUT2D eigenvalue weighted by Crippen LogP contribution is -1.91. The average Bonchev–Trinajstić information content (AvgIpc) is 3.46. The first kappa shape index (κ1) is 24.4. The van der Waals surface area contributed by atoms with Crippen LogP contribution < -0.4 is 0 Å². The van der Waals surface area contributed by atoms with Gasteiger partial charge in [0, 0.05) is 20.2 Å². The minimum atomic E-state index is 1.24. The molecule has 0 atom stereocenters. The van der Waals surface area contributed by atoms with Gasteiger partial charge in [-0.05, 0) is 77.8 Å². The van der Waals surface area contributed by atoms with Crippen molar-refractivity contribution in [2.75, 3.05) is 0 Å². The molecule has 0 fully saturated rings. The third-order valence-electron chi connectivity index (χ3n) is 8.86. The highest BCUT2D eigenvalue weighted by atomic mass is 32.1. The molecule has 0 N–H and O–H groups in total. The average molecular weight is 563 g/mol. The van der Waals surface area contributed by atoms with E-state index in [1.165, 1.54) is 85.9 Å². The van der Waals surface area contributed by atoms with Crippen molar-refractivity contribution in [3.8, 4) is 33.4 Å². The molecule has 1 heteroatoms. The first-order valence-electron chi connectivity index (χ1n) is 14.8. The van der Waals surface area contributed by atoms with Gasteiger partial charge in [-0.15, -0.1) is 11.3 Å². The standard InChI is InChI=1S/C42H26S/c1-2-10-27(11-3-1)28-18-20-30(21-19-28)40-33-14-6-8-16-35(33)41(36-17-9-7-15-34(36)40)31-22-24-37-39(26-31)43-38-25-23-29-12-4-5-13-32(29)42(37)38/h1-26H. The van der Waals surface area contributed by atoms with Crippen molar-refractivity contribution >= 4 is 63.8 Å². The number of hydrogen-bond acceptors (Lipinski definition) is 1. The Balaban J connectivity index is 1.29. The van der Waals surface area contributed by atoms with E-state index >= 15 is 0 Å². The lowest BCUT2D eigenvalue weighted by Gasteiger charge is -2.18. The fourth-order valence-corrected chi connectivity index (χ4v) is 8.07. The molecular formula is C42H26S. The third-order valence-corrected chi connectivity index (χ3v) is 9.98. The Kier molecular flexibility index (Phi) is 5.47. The summed E-state index contributed by atoms with van der Waals surface area (Å²) in [4.78, 5) is 0. The monoisotopic (exact) mass is 562 g/mol. The summed E-state index contributed by atoms with van der Waals surface area (Å²) in [6.45, 7) is 0. The van der Waals surface area contributed by atoms with Gasteiger partial charge in [-0.2, -0.15) is 0 Å². The minimum Gasteiger partial charge on any atom is -0.135 e. The van der Waals surface area contributed by atoms with Crippen molar-refractivity contribution in [3.05, 3.63) is 158 Å². The van der Waals surface area contributed by atoms with Crippen molar-refractivity contribution in [1.82, 2.24) is 0 Å². The zero-order valence-corrected chi connectivity index (χ0v) is 24.2. The molecule has 0 aliphatic heterocycles. The molecule has 43 heavy (non-hydrogen) atoms. The van der Waals surface area contributed by atoms with Crippen LogP contribution in [-0.2, 0) is 0 Å². The lowest BCUT2D eigenvalue weighted by atomic mass is 9.85. The highest BCUT2D eigenvalue weighted by molar-refractivity contribution is 7.26. The van der Waals surface area contributed by atoms with Gasteiger partial charge >= 0.3 is 0 Å². The van der Waals surface area contributed by atoms with Gasteiger partial charge < -0.3 is 0 Å². The molecule has 200 valence electrons. The molecule has 0 spiro atoms. The van der Waals surface area contributed by atoms with E-state index in [0.717, 1.165) is 0 Å². The predicted octanol–water partition coefficient (Wildman–Crippen LogP) is 12.5. The predicted molar refractivity (Wildman–Crippen MR) is 188 cm³/mol. The Hall–Kier alpha value is -5.24. The van der Waals surface area contributed by atoms with Crippen LogP contribution >= 0.6 is 11.3 Å². The Morgan fingerprint density at radius 2 is 0.814 bits per heavy atom. The summed E-state index contributed by atoms with van der Waals surface area (Å²) in [6.07, 6.45) is 0. The maximum Gasteiger partial charge on any atom is 0.0361 e. The van der Waals surface area contributed by atoms with Gasteiger partial charge in [0.2, 0.25) is 0 Å². The lowest BCUT2D eigenvalue weighted by molar-refractivity contribution is 1.61. The molecular weight excluding hydrogens is 537 g/mol. The van der Waals surface area contributed by atoms with E-state index in [-0.39, 0.29) is 0 Å². The molecule has 9 rings (SSSR count). The van der Waals surface area contributed by atoms with Crippen LogP contribution in [0.5, 0.6) is 0 Å². The van der Waals surface area contributed by atoms with Gasteiger partial charge in [0.05, 0.1) is 0 Å². The van der Waals surface area contributed by atoms with Crippen LogP contribution in [0.4, 0.5) is 0 Å². The molecule has 0 unspecified atom stereocenters. The summed E-state index contributed by atoms with van der Waals surface area (Å²) >= 11 is 1.90. The zero-order valence-electron chi connectivity index (χ0n) is 23.4. The van der Waals surface area contributed by atoms with Crippen molar-refractivity contribution in [3.63, 3.8) is 0 Å². The van der Waals surface area contributed by atoms with Crippen LogP contribution in [-0.4, -0.2) is 0 Å². The van der Waals surface area contributed by atoms with Crippen molar-refractivity contribution < 1.29 is 0 Å². The number of thiophene rings is 1. The van der Waals surface area contributed by atoms with E-state index in [4.69, 9.17) is 0 Å². The Labute approximate surface area is 254 Å². The molecule has 0 radical (unpaired) electrons. The topological polar surface area (TPSA) is 0 Å². The van der Waals surface area contributed by atoms with E-state index in [9.17, 15) is 0 Å². The van der Waals surface area contributed by atoms with Crippen molar-refractivity contribution in [2.24, 2.45) is 0 Å². The summed E-state index contributed by atoms with van der Waals surface area (Å²) in [7, 11) is 0. The molecule has 0 nitrogen and oxygen atoms in total. The molecule has 0 aliphatic carbocycles. The molecule has 0 amide bonds. The summed E-state index contributed by atoms with van der Waals surface area (Å²) in [5, 5.41) is 10.5.